The molecule has 1 aliphatic carbocycles. The fourth-order valence-electron chi connectivity index (χ4n) is 2.49. The Morgan fingerprint density at radius 3 is 2.52 bits per heavy atom. The molecule has 1 fully saturated rings. The van der Waals surface area contributed by atoms with E-state index in [1.54, 1.807) is 7.11 Å². The van der Waals surface area contributed by atoms with Gasteiger partial charge in [0.1, 0.15) is 0 Å². The number of ether oxygens (including phenoxy) is 1. The van der Waals surface area contributed by atoms with Gasteiger partial charge in [-0.3, -0.25) is 0 Å². The van der Waals surface area contributed by atoms with Crippen LogP contribution in [0.25, 0.3) is 11.1 Å². The van der Waals surface area contributed by atoms with Crippen molar-refractivity contribution in [3.05, 3.63) is 59.7 Å². The zero-order chi connectivity index (χ0) is 14.5. The molecule has 2 aromatic rings. The lowest BCUT2D eigenvalue weighted by Gasteiger charge is -2.08. The fourth-order valence-corrected chi connectivity index (χ4v) is 2.49. The highest BCUT2D eigenvalue weighted by Gasteiger charge is 2.19. The average Bonchev–Trinajstić information content (AvgIpc) is 3.36. The van der Waals surface area contributed by atoms with E-state index in [9.17, 15) is 0 Å². The SMILES string of the molecule is COCCc1ccc(-c2cccc(CNC3CC3)c2)cc1. The molecule has 0 radical (unpaired) electrons. The van der Waals surface area contributed by atoms with Crippen molar-refractivity contribution >= 4 is 0 Å². The normalized spacial score (nSPS) is 14.3. The number of hydrogen-bond donors (Lipinski definition) is 1. The molecule has 0 aromatic heterocycles. The monoisotopic (exact) mass is 281 g/mol. The Hall–Kier alpha value is -1.64. The van der Waals surface area contributed by atoms with Crippen molar-refractivity contribution in [2.75, 3.05) is 13.7 Å². The summed E-state index contributed by atoms with van der Waals surface area (Å²) in [6.45, 7) is 1.76. The summed E-state index contributed by atoms with van der Waals surface area (Å²) in [5.74, 6) is 0. The van der Waals surface area contributed by atoms with Gasteiger partial charge in [0.25, 0.3) is 0 Å². The van der Waals surface area contributed by atoms with Crippen LogP contribution in [0.1, 0.15) is 24.0 Å². The van der Waals surface area contributed by atoms with Crippen molar-refractivity contribution in [2.45, 2.75) is 31.8 Å². The maximum absolute atomic E-state index is 5.12. The van der Waals surface area contributed by atoms with Crippen LogP contribution in [0.5, 0.6) is 0 Å². The summed E-state index contributed by atoms with van der Waals surface area (Å²) in [5.41, 5.74) is 5.27. The molecule has 21 heavy (non-hydrogen) atoms. The lowest BCUT2D eigenvalue weighted by molar-refractivity contribution is 0.202. The molecule has 1 N–H and O–H groups in total. The summed E-state index contributed by atoms with van der Waals surface area (Å²) in [7, 11) is 1.75. The maximum Gasteiger partial charge on any atom is 0.0502 e. The van der Waals surface area contributed by atoms with Crippen LogP contribution >= 0.6 is 0 Å². The maximum atomic E-state index is 5.12. The molecule has 0 bridgehead atoms. The first-order chi connectivity index (χ1) is 10.3. The first-order valence-corrected chi connectivity index (χ1v) is 7.76. The minimum atomic E-state index is 0.758. The molecule has 0 heterocycles. The third-order valence-corrected chi connectivity index (χ3v) is 3.98. The second-order valence-corrected chi connectivity index (χ2v) is 5.80. The van der Waals surface area contributed by atoms with Gasteiger partial charge in [0.2, 0.25) is 0 Å². The van der Waals surface area contributed by atoms with Crippen molar-refractivity contribution in [1.29, 1.82) is 0 Å². The molecule has 2 nitrogen and oxygen atoms in total. The van der Waals surface area contributed by atoms with Crippen molar-refractivity contribution in [3.63, 3.8) is 0 Å². The van der Waals surface area contributed by atoms with E-state index in [0.29, 0.717) is 0 Å². The second-order valence-electron chi connectivity index (χ2n) is 5.80. The van der Waals surface area contributed by atoms with Crippen LogP contribution in [0.15, 0.2) is 48.5 Å². The summed E-state index contributed by atoms with van der Waals surface area (Å²) in [4.78, 5) is 0. The minimum absolute atomic E-state index is 0.758. The summed E-state index contributed by atoms with van der Waals surface area (Å²) >= 11 is 0. The van der Waals surface area contributed by atoms with Gasteiger partial charge in [-0.05, 0) is 47.6 Å². The minimum Gasteiger partial charge on any atom is -0.384 e. The van der Waals surface area contributed by atoms with E-state index >= 15 is 0 Å². The van der Waals surface area contributed by atoms with E-state index in [1.807, 2.05) is 0 Å². The Balaban J connectivity index is 1.68. The Labute approximate surface area is 127 Å². The molecule has 1 saturated carbocycles. The number of hydrogen-bond acceptors (Lipinski definition) is 2. The lowest BCUT2D eigenvalue weighted by Crippen LogP contribution is -2.15. The first-order valence-electron chi connectivity index (χ1n) is 7.76. The van der Waals surface area contributed by atoms with Gasteiger partial charge < -0.3 is 10.1 Å². The van der Waals surface area contributed by atoms with E-state index in [2.05, 4.69) is 53.8 Å². The van der Waals surface area contributed by atoms with Crippen LogP contribution < -0.4 is 5.32 Å². The molecule has 1 aliphatic rings. The Morgan fingerprint density at radius 1 is 1.00 bits per heavy atom. The third kappa shape index (κ3) is 4.16. The molecule has 0 saturated heterocycles. The predicted octanol–water partition coefficient (Wildman–Crippen LogP) is 3.79. The number of methoxy groups -OCH3 is 1. The molecule has 2 heteroatoms. The van der Waals surface area contributed by atoms with Crippen LogP contribution in [0, 0.1) is 0 Å². The molecule has 0 amide bonds. The molecule has 0 unspecified atom stereocenters. The Bertz CT molecular complexity index is 572. The third-order valence-electron chi connectivity index (χ3n) is 3.98. The van der Waals surface area contributed by atoms with E-state index in [1.165, 1.54) is 35.1 Å². The molecule has 2 aromatic carbocycles. The van der Waals surface area contributed by atoms with Crippen molar-refractivity contribution in [1.82, 2.24) is 5.32 Å². The molecule has 110 valence electrons. The second kappa shape index (κ2) is 6.88. The summed E-state index contributed by atoms with van der Waals surface area (Å²) in [6, 6.07) is 18.4. The van der Waals surface area contributed by atoms with Gasteiger partial charge in [-0.25, -0.2) is 0 Å². The predicted molar refractivity (Wildman–Crippen MR) is 87.3 cm³/mol. The van der Waals surface area contributed by atoms with Crippen molar-refractivity contribution in [3.8, 4) is 11.1 Å². The molecule has 0 spiro atoms. The standard InChI is InChI=1S/C19H23NO/c1-21-12-11-15-5-7-17(8-6-15)18-4-2-3-16(13-18)14-20-19-9-10-19/h2-8,13,19-20H,9-12,14H2,1H3. The average molecular weight is 281 g/mol. The molecular weight excluding hydrogens is 258 g/mol. The number of benzene rings is 2. The molecule has 0 atom stereocenters. The van der Waals surface area contributed by atoms with Gasteiger partial charge in [-0.1, -0.05) is 42.5 Å². The quantitative estimate of drug-likeness (QED) is 0.833. The van der Waals surface area contributed by atoms with Crippen LogP contribution in [0.2, 0.25) is 0 Å². The van der Waals surface area contributed by atoms with E-state index in [0.717, 1.165) is 25.6 Å². The van der Waals surface area contributed by atoms with Gasteiger partial charge >= 0.3 is 0 Å². The van der Waals surface area contributed by atoms with E-state index in [4.69, 9.17) is 4.74 Å². The highest BCUT2D eigenvalue weighted by molar-refractivity contribution is 5.64. The van der Waals surface area contributed by atoms with Gasteiger partial charge in [-0.2, -0.15) is 0 Å². The summed E-state index contributed by atoms with van der Waals surface area (Å²) in [6.07, 6.45) is 3.65. The fraction of sp³-hybridized carbons (Fsp3) is 0.368. The van der Waals surface area contributed by atoms with Gasteiger partial charge in [0.15, 0.2) is 0 Å². The Morgan fingerprint density at radius 2 is 1.81 bits per heavy atom. The van der Waals surface area contributed by atoms with Crippen molar-refractivity contribution < 1.29 is 4.74 Å². The molecule has 0 aliphatic heterocycles. The first kappa shape index (κ1) is 14.3. The van der Waals surface area contributed by atoms with Gasteiger partial charge in [-0.15, -0.1) is 0 Å². The van der Waals surface area contributed by atoms with E-state index in [-0.39, 0.29) is 0 Å². The summed E-state index contributed by atoms with van der Waals surface area (Å²) in [5, 5.41) is 3.57. The largest absolute Gasteiger partial charge is 0.384 e. The van der Waals surface area contributed by atoms with Gasteiger partial charge in [0.05, 0.1) is 6.61 Å². The smallest absolute Gasteiger partial charge is 0.0502 e. The van der Waals surface area contributed by atoms with Crippen molar-refractivity contribution in [2.24, 2.45) is 0 Å². The molecule has 3 rings (SSSR count). The lowest BCUT2D eigenvalue weighted by atomic mass is 10.0. The summed E-state index contributed by atoms with van der Waals surface area (Å²) < 4.78 is 5.12. The zero-order valence-electron chi connectivity index (χ0n) is 12.6. The highest BCUT2D eigenvalue weighted by Crippen LogP contribution is 2.23. The van der Waals surface area contributed by atoms with Crippen LogP contribution in [0.4, 0.5) is 0 Å². The number of rotatable bonds is 7. The molecular formula is C19H23NO. The van der Waals surface area contributed by atoms with Crippen LogP contribution in [0.3, 0.4) is 0 Å². The zero-order valence-corrected chi connectivity index (χ0v) is 12.6. The van der Waals surface area contributed by atoms with E-state index < -0.39 is 0 Å². The van der Waals surface area contributed by atoms with Crippen LogP contribution in [-0.2, 0) is 17.7 Å². The number of nitrogens with one attached hydrogen (secondary N) is 1. The van der Waals surface area contributed by atoms with Gasteiger partial charge in [0, 0.05) is 19.7 Å². The highest BCUT2D eigenvalue weighted by atomic mass is 16.5. The topological polar surface area (TPSA) is 21.3 Å². The Kier molecular flexibility index (Phi) is 4.69. The van der Waals surface area contributed by atoms with Crippen LogP contribution in [-0.4, -0.2) is 19.8 Å².